The van der Waals surface area contributed by atoms with Crippen LogP contribution in [0.3, 0.4) is 0 Å². The van der Waals surface area contributed by atoms with E-state index in [4.69, 9.17) is 10.9 Å². The van der Waals surface area contributed by atoms with Gasteiger partial charge in [0.15, 0.2) is 5.84 Å². The van der Waals surface area contributed by atoms with E-state index in [-0.39, 0.29) is 11.4 Å². The molecular weight excluding hydrogens is 337 g/mol. The maximum absolute atomic E-state index is 14.2. The fourth-order valence-electron chi connectivity index (χ4n) is 1.92. The highest BCUT2D eigenvalue weighted by Gasteiger charge is 2.11. The Labute approximate surface area is 130 Å². The summed E-state index contributed by atoms with van der Waals surface area (Å²) in [4.78, 5) is 0. The van der Waals surface area contributed by atoms with E-state index in [1.807, 2.05) is 25.1 Å². The second kappa shape index (κ2) is 6.58. The summed E-state index contributed by atoms with van der Waals surface area (Å²) < 4.78 is 15.3. The van der Waals surface area contributed by atoms with Crippen LogP contribution in [-0.2, 0) is 6.54 Å². The van der Waals surface area contributed by atoms with E-state index in [1.165, 1.54) is 6.07 Å². The summed E-state index contributed by atoms with van der Waals surface area (Å²) in [6, 6.07) is 10.6. The Balaban J connectivity index is 2.18. The zero-order valence-corrected chi connectivity index (χ0v) is 13.0. The van der Waals surface area contributed by atoms with E-state index in [0.717, 1.165) is 15.7 Å². The number of oxime groups is 1. The van der Waals surface area contributed by atoms with Crippen LogP contribution < -0.4 is 11.1 Å². The summed E-state index contributed by atoms with van der Waals surface area (Å²) in [6.45, 7) is 2.29. The summed E-state index contributed by atoms with van der Waals surface area (Å²) in [5.41, 5.74) is 7.95. The number of nitrogens with zero attached hydrogens (tertiary/aromatic N) is 1. The van der Waals surface area contributed by atoms with Gasteiger partial charge in [-0.15, -0.1) is 0 Å². The van der Waals surface area contributed by atoms with Crippen molar-refractivity contribution in [1.29, 1.82) is 0 Å². The van der Waals surface area contributed by atoms with E-state index in [0.29, 0.717) is 12.1 Å². The molecule has 0 aliphatic heterocycles. The molecule has 0 amide bonds. The van der Waals surface area contributed by atoms with Crippen molar-refractivity contribution in [2.75, 3.05) is 5.32 Å². The van der Waals surface area contributed by atoms with Gasteiger partial charge < -0.3 is 16.3 Å². The Morgan fingerprint density at radius 2 is 2.14 bits per heavy atom. The number of benzene rings is 2. The first kappa shape index (κ1) is 15.3. The van der Waals surface area contributed by atoms with Gasteiger partial charge in [-0.1, -0.05) is 33.2 Å². The van der Waals surface area contributed by atoms with E-state index < -0.39 is 5.82 Å². The lowest BCUT2D eigenvalue weighted by Crippen LogP contribution is -2.16. The lowest BCUT2D eigenvalue weighted by Gasteiger charge is -2.11. The van der Waals surface area contributed by atoms with Crippen LogP contribution >= 0.6 is 15.9 Å². The summed E-state index contributed by atoms with van der Waals surface area (Å²) in [5.74, 6) is -0.733. The monoisotopic (exact) mass is 351 g/mol. The van der Waals surface area contributed by atoms with Crippen LogP contribution in [0.15, 0.2) is 46.0 Å². The third kappa shape index (κ3) is 3.52. The third-order valence-corrected chi connectivity index (χ3v) is 3.99. The predicted molar refractivity (Wildman–Crippen MR) is 85.1 cm³/mol. The average molecular weight is 352 g/mol. The molecule has 0 saturated heterocycles. The van der Waals surface area contributed by atoms with Crippen molar-refractivity contribution in [2.45, 2.75) is 13.5 Å². The highest BCUT2D eigenvalue weighted by atomic mass is 79.9. The molecular formula is C15H15BrFN3O. The Morgan fingerprint density at radius 3 is 2.81 bits per heavy atom. The highest BCUT2D eigenvalue weighted by Crippen LogP contribution is 2.21. The third-order valence-electron chi connectivity index (χ3n) is 3.10. The first-order chi connectivity index (χ1) is 10.0. The second-order valence-corrected chi connectivity index (χ2v) is 5.44. The number of nitrogens with one attached hydrogen (secondary N) is 1. The quantitative estimate of drug-likeness (QED) is 0.341. The molecule has 0 bridgehead atoms. The lowest BCUT2D eigenvalue weighted by molar-refractivity contribution is 0.318. The minimum Gasteiger partial charge on any atom is -0.409 e. The molecule has 2 rings (SSSR count). The van der Waals surface area contributed by atoms with Crippen molar-refractivity contribution in [3.05, 3.63) is 63.4 Å². The fourth-order valence-corrected chi connectivity index (χ4v) is 2.17. The Hall–Kier alpha value is -2.08. The summed E-state index contributed by atoms with van der Waals surface area (Å²) in [7, 11) is 0. The van der Waals surface area contributed by atoms with Gasteiger partial charge in [-0.05, 0) is 36.8 Å². The topological polar surface area (TPSA) is 70.6 Å². The minimum absolute atomic E-state index is 0.0868. The van der Waals surface area contributed by atoms with Crippen LogP contribution in [0, 0.1) is 12.7 Å². The molecule has 0 aliphatic rings. The summed E-state index contributed by atoms with van der Waals surface area (Å²) in [5, 5.41) is 14.6. The van der Waals surface area contributed by atoms with Gasteiger partial charge in [0, 0.05) is 22.3 Å². The van der Waals surface area contributed by atoms with Crippen molar-refractivity contribution in [3.8, 4) is 0 Å². The van der Waals surface area contributed by atoms with Crippen LogP contribution in [-0.4, -0.2) is 11.0 Å². The average Bonchev–Trinajstić information content (AvgIpc) is 2.49. The van der Waals surface area contributed by atoms with Crippen LogP contribution in [0.2, 0.25) is 0 Å². The van der Waals surface area contributed by atoms with Crippen molar-refractivity contribution in [1.82, 2.24) is 0 Å². The van der Waals surface area contributed by atoms with Gasteiger partial charge in [0.2, 0.25) is 0 Å². The smallest absolute Gasteiger partial charge is 0.173 e. The molecule has 0 spiro atoms. The Morgan fingerprint density at radius 1 is 1.38 bits per heavy atom. The molecule has 2 aromatic carbocycles. The van der Waals surface area contributed by atoms with Crippen molar-refractivity contribution in [2.24, 2.45) is 10.9 Å². The molecule has 0 heterocycles. The number of rotatable bonds is 4. The van der Waals surface area contributed by atoms with Gasteiger partial charge in [-0.2, -0.15) is 0 Å². The molecule has 0 radical (unpaired) electrons. The van der Waals surface area contributed by atoms with Gasteiger partial charge in [-0.3, -0.25) is 0 Å². The summed E-state index contributed by atoms with van der Waals surface area (Å²) in [6.07, 6.45) is 0. The first-order valence-electron chi connectivity index (χ1n) is 6.28. The SMILES string of the molecule is Cc1cc(NCc2cccc(/C(N)=N/O)c2F)ccc1Br. The molecule has 2 aromatic rings. The first-order valence-corrected chi connectivity index (χ1v) is 7.07. The summed E-state index contributed by atoms with van der Waals surface area (Å²) >= 11 is 3.43. The molecule has 0 fully saturated rings. The molecule has 110 valence electrons. The number of hydrogen-bond donors (Lipinski definition) is 3. The maximum Gasteiger partial charge on any atom is 0.173 e. The van der Waals surface area contributed by atoms with Gasteiger partial charge in [0.1, 0.15) is 5.82 Å². The molecule has 0 aliphatic carbocycles. The zero-order chi connectivity index (χ0) is 15.4. The van der Waals surface area contributed by atoms with Crippen molar-refractivity contribution >= 4 is 27.5 Å². The highest BCUT2D eigenvalue weighted by molar-refractivity contribution is 9.10. The normalized spacial score (nSPS) is 11.5. The maximum atomic E-state index is 14.2. The van der Waals surface area contributed by atoms with Crippen molar-refractivity contribution in [3.63, 3.8) is 0 Å². The van der Waals surface area contributed by atoms with E-state index in [1.54, 1.807) is 12.1 Å². The van der Waals surface area contributed by atoms with Crippen LogP contribution in [0.1, 0.15) is 16.7 Å². The van der Waals surface area contributed by atoms with Crippen LogP contribution in [0.4, 0.5) is 10.1 Å². The zero-order valence-electron chi connectivity index (χ0n) is 11.4. The number of halogens is 2. The number of anilines is 1. The number of aryl methyl sites for hydroxylation is 1. The van der Waals surface area contributed by atoms with Crippen LogP contribution in [0.25, 0.3) is 0 Å². The standard InChI is InChI=1S/C15H15BrFN3O/c1-9-7-11(5-6-13(9)16)19-8-10-3-2-4-12(14(10)17)15(18)20-21/h2-7,19,21H,8H2,1H3,(H2,18,20). The lowest BCUT2D eigenvalue weighted by atomic mass is 10.1. The molecule has 0 unspecified atom stereocenters. The second-order valence-electron chi connectivity index (χ2n) is 4.58. The Kier molecular flexibility index (Phi) is 4.80. The van der Waals surface area contributed by atoms with E-state index in [2.05, 4.69) is 26.4 Å². The molecule has 0 atom stereocenters. The number of nitrogens with two attached hydrogens (primary N) is 1. The van der Waals surface area contributed by atoms with Crippen LogP contribution in [0.5, 0.6) is 0 Å². The predicted octanol–water partition coefficient (Wildman–Crippen LogP) is 3.60. The molecule has 6 heteroatoms. The van der Waals surface area contributed by atoms with Gasteiger partial charge >= 0.3 is 0 Å². The van der Waals surface area contributed by atoms with Crippen molar-refractivity contribution < 1.29 is 9.60 Å². The van der Waals surface area contributed by atoms with Gasteiger partial charge in [0.05, 0.1) is 5.56 Å². The molecule has 21 heavy (non-hydrogen) atoms. The van der Waals surface area contributed by atoms with Gasteiger partial charge in [0.25, 0.3) is 0 Å². The largest absolute Gasteiger partial charge is 0.409 e. The fraction of sp³-hybridized carbons (Fsp3) is 0.133. The minimum atomic E-state index is -0.492. The number of hydrogen-bond acceptors (Lipinski definition) is 3. The number of amidine groups is 1. The molecule has 4 N–H and O–H groups in total. The molecule has 0 saturated carbocycles. The van der Waals surface area contributed by atoms with E-state index in [9.17, 15) is 4.39 Å². The Bertz CT molecular complexity index is 689. The molecule has 0 aromatic heterocycles. The molecule has 4 nitrogen and oxygen atoms in total. The van der Waals surface area contributed by atoms with Gasteiger partial charge in [-0.25, -0.2) is 4.39 Å². The van der Waals surface area contributed by atoms with E-state index >= 15 is 0 Å².